The maximum atomic E-state index is 10.1. The third-order valence-corrected chi connectivity index (χ3v) is 1.24. The first-order valence-electron chi connectivity index (χ1n) is 3.84. The Morgan fingerprint density at radius 2 is 1.80 bits per heavy atom. The lowest BCUT2D eigenvalue weighted by molar-refractivity contribution is -0.111. The summed E-state index contributed by atoms with van der Waals surface area (Å²) in [6.45, 7) is 6.00. The van der Waals surface area contributed by atoms with Gasteiger partial charge in [0.15, 0.2) is 0 Å². The van der Waals surface area contributed by atoms with Crippen molar-refractivity contribution in [3.8, 4) is 0 Å². The number of hydrogen-bond donors (Lipinski definition) is 0. The van der Waals surface area contributed by atoms with E-state index in [1.807, 2.05) is 39.8 Å². The number of carbonyl (C=O) groups is 1. The highest BCUT2D eigenvalue weighted by Crippen LogP contribution is 1.92. The summed E-state index contributed by atoms with van der Waals surface area (Å²) in [5.74, 6) is 0. The molecule has 10 heavy (non-hydrogen) atoms. The Labute approximate surface area is 64.2 Å². The SMILES string of the molecule is CC.CCC(C=O)N(C)C. The Morgan fingerprint density at radius 1 is 1.40 bits per heavy atom. The summed E-state index contributed by atoms with van der Waals surface area (Å²) >= 11 is 0. The minimum absolute atomic E-state index is 0.106. The largest absolute Gasteiger partial charge is 0.302 e. The fraction of sp³-hybridized carbons (Fsp3) is 0.875. The van der Waals surface area contributed by atoms with Gasteiger partial charge in [-0.25, -0.2) is 0 Å². The minimum atomic E-state index is 0.106. The van der Waals surface area contributed by atoms with Crippen LogP contribution in [0.5, 0.6) is 0 Å². The first-order valence-corrected chi connectivity index (χ1v) is 3.84. The lowest BCUT2D eigenvalue weighted by Crippen LogP contribution is -2.28. The van der Waals surface area contributed by atoms with Crippen molar-refractivity contribution in [2.24, 2.45) is 0 Å². The van der Waals surface area contributed by atoms with Crippen LogP contribution >= 0.6 is 0 Å². The zero-order valence-electron chi connectivity index (χ0n) is 7.72. The molecular formula is C8H19NO. The Bertz CT molecular complexity index is 71.7. The van der Waals surface area contributed by atoms with Crippen LogP contribution in [-0.2, 0) is 4.79 Å². The van der Waals surface area contributed by atoms with E-state index in [0.717, 1.165) is 12.7 Å². The van der Waals surface area contributed by atoms with Gasteiger partial charge in [0.1, 0.15) is 6.29 Å². The monoisotopic (exact) mass is 145 g/mol. The maximum absolute atomic E-state index is 10.1. The van der Waals surface area contributed by atoms with Crippen LogP contribution < -0.4 is 0 Å². The molecule has 1 unspecified atom stereocenters. The molecule has 0 fully saturated rings. The van der Waals surface area contributed by atoms with Gasteiger partial charge in [-0.1, -0.05) is 20.8 Å². The van der Waals surface area contributed by atoms with Crippen LogP contribution in [0.15, 0.2) is 0 Å². The normalized spacial score (nSPS) is 11.8. The minimum Gasteiger partial charge on any atom is -0.302 e. The van der Waals surface area contributed by atoms with Crippen LogP contribution in [0.3, 0.4) is 0 Å². The van der Waals surface area contributed by atoms with E-state index in [9.17, 15) is 4.79 Å². The quantitative estimate of drug-likeness (QED) is 0.562. The summed E-state index contributed by atoms with van der Waals surface area (Å²) < 4.78 is 0. The average Bonchev–Trinajstić information content (AvgIpc) is 1.94. The van der Waals surface area contributed by atoms with Gasteiger partial charge >= 0.3 is 0 Å². The van der Waals surface area contributed by atoms with Crippen molar-refractivity contribution in [2.75, 3.05) is 14.1 Å². The Balaban J connectivity index is 0. The summed E-state index contributed by atoms with van der Waals surface area (Å²) in [5.41, 5.74) is 0. The Morgan fingerprint density at radius 3 is 1.80 bits per heavy atom. The van der Waals surface area contributed by atoms with Crippen LogP contribution in [0.1, 0.15) is 27.2 Å². The summed E-state index contributed by atoms with van der Waals surface area (Å²) in [4.78, 5) is 12.0. The second kappa shape index (κ2) is 8.63. The lowest BCUT2D eigenvalue weighted by Gasteiger charge is -2.14. The van der Waals surface area contributed by atoms with Crippen LogP contribution in [0.25, 0.3) is 0 Å². The summed E-state index contributed by atoms with van der Waals surface area (Å²) in [7, 11) is 3.81. The highest BCUT2D eigenvalue weighted by molar-refractivity contribution is 5.57. The van der Waals surface area contributed by atoms with E-state index in [2.05, 4.69) is 0 Å². The van der Waals surface area contributed by atoms with Crippen molar-refractivity contribution in [3.05, 3.63) is 0 Å². The van der Waals surface area contributed by atoms with Gasteiger partial charge in [-0.2, -0.15) is 0 Å². The molecule has 0 amide bonds. The molecule has 1 atom stereocenters. The van der Waals surface area contributed by atoms with Crippen molar-refractivity contribution in [3.63, 3.8) is 0 Å². The van der Waals surface area contributed by atoms with Gasteiger partial charge < -0.3 is 9.69 Å². The van der Waals surface area contributed by atoms with Crippen LogP contribution in [0.2, 0.25) is 0 Å². The van der Waals surface area contributed by atoms with Crippen LogP contribution in [0, 0.1) is 0 Å². The first kappa shape index (κ1) is 12.3. The molecule has 0 aliphatic rings. The molecule has 2 heteroatoms. The molecule has 0 aliphatic heterocycles. The highest BCUT2D eigenvalue weighted by atomic mass is 16.1. The Hall–Kier alpha value is -0.370. The van der Waals surface area contributed by atoms with Crippen molar-refractivity contribution in [1.29, 1.82) is 0 Å². The predicted molar refractivity (Wildman–Crippen MR) is 45.2 cm³/mol. The number of nitrogens with zero attached hydrogens (tertiary/aromatic N) is 1. The highest BCUT2D eigenvalue weighted by Gasteiger charge is 2.03. The zero-order valence-corrected chi connectivity index (χ0v) is 7.72. The van der Waals surface area contributed by atoms with Crippen LogP contribution in [0.4, 0.5) is 0 Å². The number of hydrogen-bond acceptors (Lipinski definition) is 2. The molecule has 0 saturated carbocycles. The van der Waals surface area contributed by atoms with Gasteiger partial charge in [0.05, 0.1) is 6.04 Å². The van der Waals surface area contributed by atoms with E-state index in [1.54, 1.807) is 0 Å². The topological polar surface area (TPSA) is 20.3 Å². The second-order valence-electron chi connectivity index (χ2n) is 2.08. The maximum Gasteiger partial charge on any atom is 0.137 e. The van der Waals surface area contributed by atoms with E-state index in [-0.39, 0.29) is 6.04 Å². The molecule has 0 aliphatic carbocycles. The predicted octanol–water partition coefficient (Wildman–Crippen LogP) is 1.55. The van der Waals surface area contributed by atoms with Crippen molar-refractivity contribution < 1.29 is 4.79 Å². The molecular weight excluding hydrogens is 126 g/mol. The van der Waals surface area contributed by atoms with Crippen molar-refractivity contribution in [2.45, 2.75) is 33.2 Å². The number of rotatable bonds is 3. The number of likely N-dealkylation sites (N-methyl/N-ethyl adjacent to an activating group) is 1. The molecule has 0 heterocycles. The van der Waals surface area contributed by atoms with Crippen LogP contribution in [-0.4, -0.2) is 31.3 Å². The fourth-order valence-corrected chi connectivity index (χ4v) is 0.583. The average molecular weight is 145 g/mol. The third-order valence-electron chi connectivity index (χ3n) is 1.24. The molecule has 0 spiro atoms. The lowest BCUT2D eigenvalue weighted by atomic mass is 10.2. The van der Waals surface area contributed by atoms with E-state index >= 15 is 0 Å². The first-order chi connectivity index (χ1) is 4.72. The summed E-state index contributed by atoms with van der Waals surface area (Å²) in [5, 5.41) is 0. The molecule has 0 aromatic carbocycles. The van der Waals surface area contributed by atoms with Gasteiger partial charge in [0.2, 0.25) is 0 Å². The summed E-state index contributed by atoms with van der Waals surface area (Å²) in [6.07, 6.45) is 1.87. The van der Waals surface area contributed by atoms with Gasteiger partial charge in [-0.3, -0.25) is 0 Å². The van der Waals surface area contributed by atoms with Gasteiger partial charge in [0, 0.05) is 0 Å². The smallest absolute Gasteiger partial charge is 0.137 e. The molecule has 0 bridgehead atoms. The molecule has 0 radical (unpaired) electrons. The summed E-state index contributed by atoms with van der Waals surface area (Å²) in [6, 6.07) is 0.106. The molecule has 0 saturated heterocycles. The van der Waals surface area contributed by atoms with E-state index in [0.29, 0.717) is 0 Å². The van der Waals surface area contributed by atoms with Gasteiger partial charge in [-0.15, -0.1) is 0 Å². The molecule has 62 valence electrons. The molecule has 0 N–H and O–H groups in total. The molecule has 0 rings (SSSR count). The fourth-order valence-electron chi connectivity index (χ4n) is 0.583. The number of carbonyl (C=O) groups excluding carboxylic acids is 1. The number of aldehydes is 1. The second-order valence-corrected chi connectivity index (χ2v) is 2.08. The van der Waals surface area contributed by atoms with Gasteiger partial charge in [0.25, 0.3) is 0 Å². The van der Waals surface area contributed by atoms with E-state index < -0.39 is 0 Å². The Kier molecular flexibility index (Phi) is 10.6. The zero-order chi connectivity index (χ0) is 8.57. The molecule has 0 aromatic heterocycles. The van der Waals surface area contributed by atoms with E-state index in [1.165, 1.54) is 0 Å². The van der Waals surface area contributed by atoms with Crippen molar-refractivity contribution >= 4 is 6.29 Å². The standard InChI is InChI=1S/C6H13NO.C2H6/c1-4-6(5-8)7(2)3;1-2/h5-6H,4H2,1-3H3;1-2H3. The third kappa shape index (κ3) is 5.76. The van der Waals surface area contributed by atoms with Crippen molar-refractivity contribution in [1.82, 2.24) is 4.90 Å². The molecule has 2 nitrogen and oxygen atoms in total. The van der Waals surface area contributed by atoms with E-state index in [4.69, 9.17) is 0 Å². The van der Waals surface area contributed by atoms with Gasteiger partial charge in [-0.05, 0) is 20.5 Å². The molecule has 0 aromatic rings.